The van der Waals surface area contributed by atoms with Crippen LogP contribution in [0, 0.1) is 6.92 Å². The first-order chi connectivity index (χ1) is 15.9. The summed E-state index contributed by atoms with van der Waals surface area (Å²) in [6, 6.07) is 19.8. The van der Waals surface area contributed by atoms with Crippen molar-refractivity contribution in [2.24, 2.45) is 0 Å². The highest BCUT2D eigenvalue weighted by molar-refractivity contribution is 7.91. The first-order valence-electron chi connectivity index (χ1n) is 11.4. The molecule has 2 aliphatic heterocycles. The van der Waals surface area contributed by atoms with E-state index in [-0.39, 0.29) is 23.5 Å². The summed E-state index contributed by atoms with van der Waals surface area (Å²) in [5, 5.41) is 4.66. The Bertz CT molecular complexity index is 1240. The average molecular weight is 465 g/mol. The number of hydrogen-bond acceptors (Lipinski definition) is 5. The van der Waals surface area contributed by atoms with Gasteiger partial charge in [-0.3, -0.25) is 9.48 Å². The average Bonchev–Trinajstić information content (AvgIpc) is 3.43. The highest BCUT2D eigenvalue weighted by Crippen LogP contribution is 2.31. The molecule has 0 saturated carbocycles. The Kier molecular flexibility index (Phi) is 5.70. The zero-order valence-electron chi connectivity index (χ0n) is 18.7. The predicted octanol–water partition coefficient (Wildman–Crippen LogP) is 3.18. The van der Waals surface area contributed by atoms with Gasteiger partial charge in [0.1, 0.15) is 0 Å². The van der Waals surface area contributed by atoms with Gasteiger partial charge in [-0.1, -0.05) is 48.0 Å². The standard InChI is InChI=1S/C25H28N4O3S/c1-19-7-9-20(10-8-19)24-17-23(26-29(24)22-11-16-33(31,32)18-22)25(30)28-14-12-27(13-15-28)21-5-3-2-4-6-21/h2-10,17,22H,11-16,18H2,1H3/t22-/m0/s1. The lowest BCUT2D eigenvalue weighted by Crippen LogP contribution is -2.48. The summed E-state index contributed by atoms with van der Waals surface area (Å²) < 4.78 is 26.0. The number of carbonyl (C=O) groups is 1. The van der Waals surface area contributed by atoms with Crippen molar-refractivity contribution >= 4 is 21.4 Å². The molecular formula is C25H28N4O3S. The Labute approximate surface area is 194 Å². The summed E-state index contributed by atoms with van der Waals surface area (Å²) in [5.74, 6) is 0.127. The molecule has 1 aromatic heterocycles. The highest BCUT2D eigenvalue weighted by atomic mass is 32.2. The van der Waals surface area contributed by atoms with E-state index in [4.69, 9.17) is 0 Å². The van der Waals surface area contributed by atoms with E-state index in [2.05, 4.69) is 22.1 Å². The first kappa shape index (κ1) is 21.7. The molecule has 0 radical (unpaired) electrons. The Morgan fingerprint density at radius 1 is 0.970 bits per heavy atom. The van der Waals surface area contributed by atoms with E-state index in [1.54, 1.807) is 4.68 Å². The van der Waals surface area contributed by atoms with Crippen molar-refractivity contribution in [3.8, 4) is 11.3 Å². The highest BCUT2D eigenvalue weighted by Gasteiger charge is 2.33. The van der Waals surface area contributed by atoms with Crippen molar-refractivity contribution < 1.29 is 13.2 Å². The number of amides is 1. The van der Waals surface area contributed by atoms with Crippen LogP contribution in [0.2, 0.25) is 0 Å². The number of carbonyl (C=O) groups excluding carboxylic acids is 1. The van der Waals surface area contributed by atoms with Crippen molar-refractivity contribution in [2.45, 2.75) is 19.4 Å². The fourth-order valence-electron chi connectivity index (χ4n) is 4.65. The van der Waals surface area contributed by atoms with Crippen LogP contribution in [0.5, 0.6) is 0 Å². The van der Waals surface area contributed by atoms with Crippen LogP contribution in [0.25, 0.3) is 11.3 Å². The number of anilines is 1. The smallest absolute Gasteiger partial charge is 0.274 e. The van der Waals surface area contributed by atoms with E-state index in [9.17, 15) is 13.2 Å². The normalized spacial score (nSPS) is 20.2. The molecule has 33 heavy (non-hydrogen) atoms. The number of rotatable bonds is 4. The van der Waals surface area contributed by atoms with Crippen molar-refractivity contribution in [3.05, 3.63) is 71.9 Å². The lowest BCUT2D eigenvalue weighted by Gasteiger charge is -2.35. The van der Waals surface area contributed by atoms with Crippen LogP contribution in [-0.4, -0.2) is 66.7 Å². The summed E-state index contributed by atoms with van der Waals surface area (Å²) in [6.45, 7) is 4.80. The van der Waals surface area contributed by atoms with Gasteiger partial charge in [0.15, 0.2) is 15.5 Å². The minimum atomic E-state index is -3.07. The van der Waals surface area contributed by atoms with Gasteiger partial charge < -0.3 is 9.80 Å². The molecule has 3 aromatic rings. The summed E-state index contributed by atoms with van der Waals surface area (Å²) in [7, 11) is -3.07. The molecule has 3 heterocycles. The third kappa shape index (κ3) is 4.53. The fraction of sp³-hybridized carbons (Fsp3) is 0.360. The van der Waals surface area contributed by atoms with E-state index in [0.717, 1.165) is 35.6 Å². The number of hydrogen-bond donors (Lipinski definition) is 0. The van der Waals surface area contributed by atoms with Gasteiger partial charge in [0, 0.05) is 31.9 Å². The van der Waals surface area contributed by atoms with E-state index in [1.807, 2.05) is 60.4 Å². The van der Waals surface area contributed by atoms with Gasteiger partial charge in [0.2, 0.25) is 0 Å². The predicted molar refractivity (Wildman–Crippen MR) is 129 cm³/mol. The number of piperazine rings is 1. The lowest BCUT2D eigenvalue weighted by molar-refractivity contribution is 0.0739. The molecule has 2 aliphatic rings. The second-order valence-electron chi connectivity index (χ2n) is 8.90. The van der Waals surface area contributed by atoms with Gasteiger partial charge in [-0.05, 0) is 37.1 Å². The van der Waals surface area contributed by atoms with Gasteiger partial charge in [-0.15, -0.1) is 0 Å². The van der Waals surface area contributed by atoms with Gasteiger partial charge in [0.25, 0.3) is 5.91 Å². The van der Waals surface area contributed by atoms with Crippen LogP contribution in [0.1, 0.15) is 28.5 Å². The van der Waals surface area contributed by atoms with Gasteiger partial charge in [-0.25, -0.2) is 8.42 Å². The number of nitrogens with zero attached hydrogens (tertiary/aromatic N) is 4. The molecule has 1 atom stereocenters. The molecule has 0 spiro atoms. The van der Waals surface area contributed by atoms with Crippen LogP contribution in [0.3, 0.4) is 0 Å². The fourth-order valence-corrected chi connectivity index (χ4v) is 6.35. The molecule has 0 unspecified atom stereocenters. The third-order valence-corrected chi connectivity index (χ3v) is 8.30. The molecule has 2 aromatic carbocycles. The molecule has 0 aliphatic carbocycles. The lowest BCUT2D eigenvalue weighted by atomic mass is 10.1. The quantitative estimate of drug-likeness (QED) is 0.593. The zero-order valence-corrected chi connectivity index (χ0v) is 19.5. The summed E-state index contributed by atoms with van der Waals surface area (Å²) in [4.78, 5) is 17.5. The largest absolute Gasteiger partial charge is 0.368 e. The second-order valence-corrected chi connectivity index (χ2v) is 11.1. The molecule has 2 saturated heterocycles. The minimum Gasteiger partial charge on any atom is -0.368 e. The number of benzene rings is 2. The Morgan fingerprint density at radius 3 is 2.30 bits per heavy atom. The molecule has 172 valence electrons. The van der Waals surface area contributed by atoms with E-state index in [0.29, 0.717) is 25.2 Å². The SMILES string of the molecule is Cc1ccc(-c2cc(C(=O)N3CCN(c4ccccc4)CC3)nn2[C@H]2CCS(=O)(=O)C2)cc1. The van der Waals surface area contributed by atoms with Crippen LogP contribution in [0.4, 0.5) is 5.69 Å². The Morgan fingerprint density at radius 2 is 1.67 bits per heavy atom. The van der Waals surface area contributed by atoms with Crippen LogP contribution < -0.4 is 4.90 Å². The number of sulfone groups is 1. The molecule has 7 nitrogen and oxygen atoms in total. The van der Waals surface area contributed by atoms with Gasteiger partial charge in [0.05, 0.1) is 23.2 Å². The van der Waals surface area contributed by atoms with E-state index in [1.165, 1.54) is 0 Å². The van der Waals surface area contributed by atoms with E-state index >= 15 is 0 Å². The minimum absolute atomic E-state index is 0.0664. The van der Waals surface area contributed by atoms with Crippen LogP contribution in [0.15, 0.2) is 60.7 Å². The summed E-state index contributed by atoms with van der Waals surface area (Å²) in [5.41, 5.74) is 4.41. The Balaban J connectivity index is 1.39. The first-order valence-corrected chi connectivity index (χ1v) is 13.2. The molecule has 5 rings (SSSR count). The van der Waals surface area contributed by atoms with Crippen molar-refractivity contribution in [3.63, 3.8) is 0 Å². The molecule has 1 amide bonds. The van der Waals surface area contributed by atoms with Crippen LogP contribution >= 0.6 is 0 Å². The molecule has 8 heteroatoms. The summed E-state index contributed by atoms with van der Waals surface area (Å²) in [6.07, 6.45) is 0.520. The maximum atomic E-state index is 13.3. The van der Waals surface area contributed by atoms with Gasteiger partial charge >= 0.3 is 0 Å². The molecular weight excluding hydrogens is 436 g/mol. The molecule has 0 N–H and O–H groups in total. The summed E-state index contributed by atoms with van der Waals surface area (Å²) >= 11 is 0. The number of aryl methyl sites for hydroxylation is 1. The number of aromatic nitrogens is 2. The number of para-hydroxylation sites is 1. The van der Waals surface area contributed by atoms with Gasteiger partial charge in [-0.2, -0.15) is 5.10 Å². The topological polar surface area (TPSA) is 75.5 Å². The van der Waals surface area contributed by atoms with E-state index < -0.39 is 9.84 Å². The van der Waals surface area contributed by atoms with Crippen molar-refractivity contribution in [1.82, 2.24) is 14.7 Å². The second kappa shape index (κ2) is 8.67. The third-order valence-electron chi connectivity index (χ3n) is 6.54. The maximum absolute atomic E-state index is 13.3. The van der Waals surface area contributed by atoms with Crippen LogP contribution in [-0.2, 0) is 9.84 Å². The molecule has 0 bridgehead atoms. The van der Waals surface area contributed by atoms with Crippen molar-refractivity contribution in [1.29, 1.82) is 0 Å². The maximum Gasteiger partial charge on any atom is 0.274 e. The van der Waals surface area contributed by atoms with Crippen molar-refractivity contribution in [2.75, 3.05) is 42.6 Å². The Hall–Kier alpha value is -3.13. The monoisotopic (exact) mass is 464 g/mol. The zero-order chi connectivity index (χ0) is 23.0. The molecule has 2 fully saturated rings.